The molecule has 11 rings (SSSR count). The summed E-state index contributed by atoms with van der Waals surface area (Å²) in [5.74, 6) is 0.816. The second kappa shape index (κ2) is 18.9. The monoisotopic (exact) mass is 1160 g/mol. The van der Waals surface area contributed by atoms with E-state index in [0.717, 1.165) is 83.4 Å². The number of rotatable bonds is 7. The average Bonchev–Trinajstić information content (AvgIpc) is 4.07. The fourth-order valence-corrected chi connectivity index (χ4v) is 10.2. The molecule has 0 unspecified atom stereocenters. The van der Waals surface area contributed by atoms with Crippen molar-refractivity contribution in [3.05, 3.63) is 174 Å². The first-order chi connectivity index (χ1) is 35.3. The zero-order valence-corrected chi connectivity index (χ0v) is 46.6. The van der Waals surface area contributed by atoms with Crippen LogP contribution in [0, 0.1) is 17.4 Å². The molecule has 0 radical (unpaired) electrons. The number of hydrogen-bond acceptors (Lipinski definition) is 7. The van der Waals surface area contributed by atoms with Gasteiger partial charge >= 0.3 is 6.98 Å². The third-order valence-corrected chi connectivity index (χ3v) is 14.5. The molecule has 0 spiro atoms. The van der Waals surface area contributed by atoms with Crippen molar-refractivity contribution in [2.75, 3.05) is 0 Å². The maximum absolute atomic E-state index is 12.7. The summed E-state index contributed by atoms with van der Waals surface area (Å²) in [6.45, 7) is 23.1. The molecule has 10 aromatic rings. The number of imidazole rings is 1. The van der Waals surface area contributed by atoms with Gasteiger partial charge in [0.15, 0.2) is 0 Å². The van der Waals surface area contributed by atoms with Crippen molar-refractivity contribution in [3.8, 4) is 73.5 Å². The zero-order chi connectivity index (χ0) is 52.0. The second-order valence-electron chi connectivity index (χ2n) is 22.8. The van der Waals surface area contributed by atoms with E-state index in [0.29, 0.717) is 44.8 Å². The molecule has 8 nitrogen and oxygen atoms in total. The van der Waals surface area contributed by atoms with E-state index in [1.165, 1.54) is 5.56 Å². The van der Waals surface area contributed by atoms with Crippen LogP contribution in [0.4, 0.5) is 0 Å². The van der Waals surface area contributed by atoms with Crippen molar-refractivity contribution < 1.29 is 30.6 Å². The van der Waals surface area contributed by atoms with Crippen molar-refractivity contribution in [1.82, 2.24) is 14.5 Å². The minimum atomic E-state index is -0.537. The van der Waals surface area contributed by atoms with Crippen molar-refractivity contribution >= 4 is 56.8 Å². The van der Waals surface area contributed by atoms with Crippen molar-refractivity contribution in [3.63, 3.8) is 0 Å². The van der Waals surface area contributed by atoms with E-state index in [-0.39, 0.29) is 43.1 Å². The molecule has 0 atom stereocenters. The molecule has 0 saturated carbocycles. The Kier molecular flexibility index (Phi) is 12.8. The number of phenols is 1. The van der Waals surface area contributed by atoms with E-state index < -0.39 is 6.98 Å². The van der Waals surface area contributed by atoms with Crippen molar-refractivity contribution in [1.29, 1.82) is 5.26 Å². The number of furan rings is 1. The second-order valence-corrected chi connectivity index (χ2v) is 22.8. The van der Waals surface area contributed by atoms with Crippen LogP contribution in [0.5, 0.6) is 5.75 Å². The molecule has 1 N–H and O–H groups in total. The summed E-state index contributed by atoms with van der Waals surface area (Å²) >= 11 is 0. The van der Waals surface area contributed by atoms with Crippen LogP contribution in [-0.2, 0) is 37.3 Å². The quantitative estimate of drug-likeness (QED) is 0.126. The van der Waals surface area contributed by atoms with Crippen LogP contribution >= 0.6 is 0 Å². The van der Waals surface area contributed by atoms with Crippen molar-refractivity contribution in [2.24, 2.45) is 9.81 Å². The Morgan fingerprint density at radius 2 is 1.31 bits per heavy atom. The summed E-state index contributed by atoms with van der Waals surface area (Å²) in [7, 11) is 0. The molecular weight excluding hydrogens is 1100 g/mol. The largest absolute Gasteiger partial charge is 0.507 e. The number of hydrogen-bond donors (Lipinski definition) is 1. The average molecular weight is 1160 g/mol. The number of aromatic hydroxyl groups is 1. The molecule has 0 saturated heterocycles. The first-order valence-electron chi connectivity index (χ1n) is 25.3. The molecule has 1 aliphatic rings. The Morgan fingerprint density at radius 1 is 0.640 bits per heavy atom. The molecule has 0 amide bonds. The van der Waals surface area contributed by atoms with Crippen LogP contribution in [0.15, 0.2) is 160 Å². The number of fused-ring (bicyclic) bond motifs is 4. The molecule has 1 aliphatic heterocycles. The fourth-order valence-electron chi connectivity index (χ4n) is 10.2. The Bertz CT molecular complexity index is 3990. The Morgan fingerprint density at radius 3 is 1.96 bits per heavy atom. The summed E-state index contributed by atoms with van der Waals surface area (Å²) in [6, 6.07) is 54.4. The van der Waals surface area contributed by atoms with E-state index >= 15 is 0 Å². The van der Waals surface area contributed by atoms with Crippen LogP contribution in [0.25, 0.3) is 94.7 Å². The smallest absolute Gasteiger partial charge is 0.450 e. The molecule has 75 heavy (non-hydrogen) atoms. The normalized spacial score (nSPS) is 13.1. The van der Waals surface area contributed by atoms with E-state index in [1.807, 2.05) is 62.5 Å². The Hall–Kier alpha value is -7.66. The number of nitrogens with zero attached hydrogens (tertiary/aromatic N) is 6. The molecule has 374 valence electrons. The number of nitriles is 1. The van der Waals surface area contributed by atoms with Gasteiger partial charge in [-0.3, -0.25) is 9.55 Å². The minimum Gasteiger partial charge on any atom is -0.507 e. The molecule has 7 aromatic carbocycles. The van der Waals surface area contributed by atoms with Gasteiger partial charge in [0.1, 0.15) is 17.2 Å². The van der Waals surface area contributed by atoms with Gasteiger partial charge in [0, 0.05) is 60.9 Å². The van der Waals surface area contributed by atoms with Gasteiger partial charge in [-0.15, -0.1) is 17.7 Å². The zero-order valence-electron chi connectivity index (χ0n) is 44.3. The summed E-state index contributed by atoms with van der Waals surface area (Å²) in [5, 5.41) is 25.0. The predicted molar refractivity (Wildman–Crippen MR) is 306 cm³/mol. The van der Waals surface area contributed by atoms with E-state index in [2.05, 4.69) is 176 Å². The number of phenolic OH excluding ortho intramolecular Hbond substituents is 1. The number of benzene rings is 7. The molecule has 3 aromatic heterocycles. The Balaban J connectivity index is 0.00000641. The Labute approximate surface area is 454 Å². The first-order valence-corrected chi connectivity index (χ1v) is 25.3. The third-order valence-electron chi connectivity index (χ3n) is 14.5. The summed E-state index contributed by atoms with van der Waals surface area (Å²) in [5.41, 5.74) is 16.7. The fraction of sp³-hybridized carbons (Fsp3) is 0.215. The molecule has 0 bridgehead atoms. The van der Waals surface area contributed by atoms with Gasteiger partial charge in [-0.2, -0.15) is 5.26 Å². The molecule has 4 heterocycles. The summed E-state index contributed by atoms with van der Waals surface area (Å²) in [6.07, 6.45) is 1.83. The number of para-hydroxylation sites is 1. The first kappa shape index (κ1) is 50.9. The number of aromatic nitrogens is 3. The standard InChI is InChI=1S/C65H58BN6O2.Pt/c1-38-39(2)71-66(70-38)54-36-58-49(31-44(54)37-67)50-29-43(30-51(61(50)74-58)55-32-42(27-28-68-55)40-19-14-12-15-20-40)47-23-18-24-57-59(47)69-62(52-34-46(64(6,7)8)35-53(60(52)73)65(9,10)11)72(57)56-26-25-45(63(3,4)5)33-48(56)41-21-16-13-17-22-41;/h12-29,31-36,73H,1-11H3;/q-1;. The van der Waals surface area contributed by atoms with Crippen LogP contribution < -0.4 is 5.46 Å². The molecule has 0 aliphatic carbocycles. The van der Waals surface area contributed by atoms with Crippen molar-refractivity contribution in [2.45, 2.75) is 92.4 Å². The van der Waals surface area contributed by atoms with Gasteiger partial charge in [-0.25, -0.2) is 4.98 Å². The maximum atomic E-state index is 12.7. The third kappa shape index (κ3) is 9.14. The van der Waals surface area contributed by atoms with Gasteiger partial charge in [-0.05, 0) is 111 Å². The topological polar surface area (TPSA) is 113 Å². The summed E-state index contributed by atoms with van der Waals surface area (Å²) in [4.78, 5) is 20.3. The molecule has 0 fully saturated rings. The van der Waals surface area contributed by atoms with Gasteiger partial charge in [-0.1, -0.05) is 164 Å². The minimum absolute atomic E-state index is 0. The van der Waals surface area contributed by atoms with Gasteiger partial charge in [0.05, 0.1) is 39.5 Å². The van der Waals surface area contributed by atoms with Crippen LogP contribution in [-0.4, -0.2) is 38.0 Å². The van der Waals surface area contributed by atoms with E-state index in [4.69, 9.17) is 24.2 Å². The van der Waals surface area contributed by atoms with E-state index in [9.17, 15) is 10.4 Å². The predicted octanol–water partition coefficient (Wildman–Crippen LogP) is 15.6. The summed E-state index contributed by atoms with van der Waals surface area (Å²) < 4.78 is 9.14. The van der Waals surface area contributed by atoms with Crippen LogP contribution in [0.1, 0.15) is 98.4 Å². The SMILES string of the molecule is CC1=NB(c2cc3oc4c(-c5cc(-c6ccccc6)ccn5)[c-]c(-c5cccc6c5nc(-c5cc(C(C)(C)C)cc(C(C)(C)C)c5O)n6-c5ccc(C(C)(C)C)cc5-c5ccccc5)cc4c3cc2C#N)N=C1C.[Pt]. The van der Waals surface area contributed by atoms with Gasteiger partial charge in [0.25, 0.3) is 0 Å². The number of pyridine rings is 1. The molecular formula is C65H58BN6O2Pt-. The van der Waals surface area contributed by atoms with Crippen LogP contribution in [0.3, 0.4) is 0 Å². The van der Waals surface area contributed by atoms with Gasteiger partial charge in [0.2, 0.25) is 0 Å². The van der Waals surface area contributed by atoms with E-state index in [1.54, 1.807) is 0 Å². The maximum Gasteiger partial charge on any atom is 0.450 e. The van der Waals surface area contributed by atoms with Gasteiger partial charge < -0.3 is 19.3 Å². The molecule has 10 heteroatoms. The van der Waals surface area contributed by atoms with Crippen LogP contribution in [0.2, 0.25) is 0 Å².